The van der Waals surface area contributed by atoms with Crippen molar-refractivity contribution < 1.29 is 19.4 Å². The minimum absolute atomic E-state index is 0.0601. The van der Waals surface area contributed by atoms with E-state index in [1.807, 2.05) is 24.3 Å². The molecule has 21 heavy (non-hydrogen) atoms. The van der Waals surface area contributed by atoms with E-state index in [0.717, 1.165) is 12.0 Å². The van der Waals surface area contributed by atoms with Gasteiger partial charge in [0, 0.05) is 17.5 Å². The molecule has 1 saturated heterocycles. The molecule has 2 aliphatic rings. The van der Waals surface area contributed by atoms with Crippen LogP contribution >= 0.6 is 11.6 Å². The van der Waals surface area contributed by atoms with Crippen molar-refractivity contribution in [1.82, 2.24) is 4.90 Å². The second-order valence-electron chi connectivity index (χ2n) is 5.43. The fraction of sp³-hybridized carbons (Fsp3) is 0.467. The van der Waals surface area contributed by atoms with Crippen LogP contribution in [0.5, 0.6) is 0 Å². The first kappa shape index (κ1) is 14.4. The second-order valence-corrected chi connectivity index (χ2v) is 5.84. The number of hydrogen-bond donors (Lipinski definition) is 1. The molecule has 1 heterocycles. The highest BCUT2D eigenvalue weighted by molar-refractivity contribution is 6.31. The highest BCUT2D eigenvalue weighted by Crippen LogP contribution is 2.50. The molecule has 0 radical (unpaired) electrons. The Labute approximate surface area is 127 Å². The lowest BCUT2D eigenvalue weighted by Crippen LogP contribution is -2.53. The molecule has 0 unspecified atom stereocenters. The molecular weight excluding hydrogens is 294 g/mol. The monoisotopic (exact) mass is 309 g/mol. The van der Waals surface area contributed by atoms with Crippen LogP contribution < -0.4 is 0 Å². The van der Waals surface area contributed by atoms with Crippen molar-refractivity contribution in [2.45, 2.75) is 18.4 Å². The van der Waals surface area contributed by atoms with E-state index in [1.54, 1.807) is 0 Å². The molecule has 1 aliphatic heterocycles. The second kappa shape index (κ2) is 5.66. The molecule has 0 bridgehead atoms. The molecule has 2 fully saturated rings. The van der Waals surface area contributed by atoms with Gasteiger partial charge in [0.15, 0.2) is 6.04 Å². The maximum absolute atomic E-state index is 12.5. The summed E-state index contributed by atoms with van der Waals surface area (Å²) in [5.41, 5.74) is 0.970. The highest BCUT2D eigenvalue weighted by Gasteiger charge is 2.48. The zero-order chi connectivity index (χ0) is 15.0. The molecule has 3 atom stereocenters. The molecule has 6 heteroatoms. The van der Waals surface area contributed by atoms with Gasteiger partial charge in [-0.2, -0.15) is 0 Å². The van der Waals surface area contributed by atoms with Crippen LogP contribution in [0, 0.1) is 5.92 Å². The Balaban J connectivity index is 1.72. The van der Waals surface area contributed by atoms with E-state index in [0.29, 0.717) is 18.2 Å². The summed E-state index contributed by atoms with van der Waals surface area (Å²) in [5.74, 6) is -1.18. The van der Waals surface area contributed by atoms with Gasteiger partial charge in [0.25, 0.3) is 0 Å². The van der Waals surface area contributed by atoms with Crippen LogP contribution in [0.25, 0.3) is 0 Å². The van der Waals surface area contributed by atoms with Crippen molar-refractivity contribution in [2.24, 2.45) is 5.92 Å². The van der Waals surface area contributed by atoms with E-state index in [1.165, 1.54) is 4.90 Å². The van der Waals surface area contributed by atoms with E-state index >= 15 is 0 Å². The van der Waals surface area contributed by atoms with Gasteiger partial charge in [-0.15, -0.1) is 0 Å². The van der Waals surface area contributed by atoms with Gasteiger partial charge in [-0.3, -0.25) is 4.79 Å². The maximum atomic E-state index is 12.5. The minimum atomic E-state index is -1.02. The van der Waals surface area contributed by atoms with Gasteiger partial charge >= 0.3 is 5.97 Å². The molecule has 0 aromatic heterocycles. The standard InChI is InChI=1S/C15H16ClNO4/c16-12-4-2-1-3-9(12)10-7-11(10)14(18)17-5-6-21-8-13(17)15(19)20/h1-4,10-11,13H,5-8H2,(H,19,20)/t10-,11+,13+/m1/s1. The number of carboxylic acid groups (broad SMARTS) is 1. The third kappa shape index (κ3) is 2.76. The smallest absolute Gasteiger partial charge is 0.328 e. The average Bonchev–Trinajstić information content (AvgIpc) is 3.27. The maximum Gasteiger partial charge on any atom is 0.328 e. The summed E-state index contributed by atoms with van der Waals surface area (Å²) in [4.78, 5) is 25.2. The van der Waals surface area contributed by atoms with Crippen molar-refractivity contribution >= 4 is 23.5 Å². The first-order valence-electron chi connectivity index (χ1n) is 6.95. The Morgan fingerprint density at radius 3 is 2.81 bits per heavy atom. The number of hydrogen-bond acceptors (Lipinski definition) is 3. The highest BCUT2D eigenvalue weighted by atomic mass is 35.5. The van der Waals surface area contributed by atoms with Crippen LogP contribution in [0.1, 0.15) is 17.9 Å². The number of halogens is 1. The minimum Gasteiger partial charge on any atom is -0.480 e. The van der Waals surface area contributed by atoms with Crippen molar-refractivity contribution in [2.75, 3.05) is 19.8 Å². The summed E-state index contributed by atoms with van der Waals surface area (Å²) < 4.78 is 5.16. The van der Waals surface area contributed by atoms with E-state index < -0.39 is 12.0 Å². The number of benzene rings is 1. The third-order valence-corrected chi connectivity index (χ3v) is 4.45. The van der Waals surface area contributed by atoms with Crippen LogP contribution in [-0.2, 0) is 14.3 Å². The fourth-order valence-electron chi connectivity index (χ4n) is 2.87. The Morgan fingerprint density at radius 1 is 1.33 bits per heavy atom. The van der Waals surface area contributed by atoms with Crippen molar-refractivity contribution in [3.63, 3.8) is 0 Å². The number of carbonyl (C=O) groups is 2. The Kier molecular flexibility index (Phi) is 3.87. The average molecular weight is 310 g/mol. The lowest BCUT2D eigenvalue weighted by atomic mass is 10.1. The van der Waals surface area contributed by atoms with Gasteiger partial charge < -0.3 is 14.7 Å². The number of nitrogens with zero attached hydrogens (tertiary/aromatic N) is 1. The Bertz CT molecular complexity index is 577. The van der Waals surface area contributed by atoms with Gasteiger partial charge in [0.2, 0.25) is 5.91 Å². The van der Waals surface area contributed by atoms with Crippen molar-refractivity contribution in [3.8, 4) is 0 Å². The Morgan fingerprint density at radius 2 is 2.10 bits per heavy atom. The summed E-state index contributed by atoms with van der Waals surface area (Å²) >= 11 is 6.16. The van der Waals surface area contributed by atoms with Crippen LogP contribution in [0.3, 0.4) is 0 Å². The molecule has 1 aromatic carbocycles. The molecule has 0 spiro atoms. The first-order valence-corrected chi connectivity index (χ1v) is 7.33. The van der Waals surface area contributed by atoms with Gasteiger partial charge in [0.05, 0.1) is 13.2 Å². The third-order valence-electron chi connectivity index (χ3n) is 4.11. The van der Waals surface area contributed by atoms with Crippen LogP contribution in [0.15, 0.2) is 24.3 Å². The summed E-state index contributed by atoms with van der Waals surface area (Å²) in [6.45, 7) is 0.783. The fourth-order valence-corrected chi connectivity index (χ4v) is 3.15. The largest absolute Gasteiger partial charge is 0.480 e. The van der Waals surface area contributed by atoms with Crippen LogP contribution in [-0.4, -0.2) is 47.7 Å². The molecule has 112 valence electrons. The molecular formula is C15H16ClNO4. The van der Waals surface area contributed by atoms with Crippen LogP contribution in [0.2, 0.25) is 5.02 Å². The SMILES string of the molecule is O=C(O)[C@@H]1COCCN1C(=O)[C@H]1C[C@@H]1c1ccccc1Cl. The number of morpholine rings is 1. The summed E-state index contributed by atoms with van der Waals surface area (Å²) in [6, 6.07) is 6.61. The molecule has 1 aliphatic carbocycles. The first-order chi connectivity index (χ1) is 10.1. The van der Waals surface area contributed by atoms with Crippen molar-refractivity contribution in [3.05, 3.63) is 34.9 Å². The topological polar surface area (TPSA) is 66.8 Å². The van der Waals surface area contributed by atoms with Crippen LogP contribution in [0.4, 0.5) is 0 Å². The molecule has 1 saturated carbocycles. The van der Waals surface area contributed by atoms with Gasteiger partial charge in [0.1, 0.15) is 0 Å². The van der Waals surface area contributed by atoms with E-state index in [-0.39, 0.29) is 24.3 Å². The summed E-state index contributed by atoms with van der Waals surface area (Å²) in [5, 5.41) is 9.85. The van der Waals surface area contributed by atoms with Gasteiger partial charge in [-0.1, -0.05) is 29.8 Å². The van der Waals surface area contributed by atoms with E-state index in [4.69, 9.17) is 16.3 Å². The number of aliphatic carboxylic acids is 1. The number of amides is 1. The molecule has 5 nitrogen and oxygen atoms in total. The molecule has 3 rings (SSSR count). The molecule has 1 amide bonds. The predicted molar refractivity (Wildman–Crippen MR) is 76.3 cm³/mol. The number of ether oxygens (including phenoxy) is 1. The molecule has 1 aromatic rings. The lowest BCUT2D eigenvalue weighted by Gasteiger charge is -2.33. The lowest BCUT2D eigenvalue weighted by molar-refractivity contribution is -0.158. The zero-order valence-corrected chi connectivity index (χ0v) is 12.1. The van der Waals surface area contributed by atoms with Gasteiger partial charge in [-0.25, -0.2) is 4.79 Å². The quantitative estimate of drug-likeness (QED) is 0.924. The number of carboxylic acids is 1. The zero-order valence-electron chi connectivity index (χ0n) is 11.4. The predicted octanol–water partition coefficient (Wildman–Crippen LogP) is 1.76. The normalized spacial score (nSPS) is 28.2. The van der Waals surface area contributed by atoms with E-state index in [2.05, 4.69) is 0 Å². The number of carbonyl (C=O) groups excluding carboxylic acids is 1. The van der Waals surface area contributed by atoms with E-state index in [9.17, 15) is 14.7 Å². The number of rotatable bonds is 3. The summed E-state index contributed by atoms with van der Waals surface area (Å²) in [6.07, 6.45) is 0.728. The van der Waals surface area contributed by atoms with Gasteiger partial charge in [-0.05, 0) is 24.0 Å². The molecule has 1 N–H and O–H groups in total. The Hall–Kier alpha value is -1.59. The summed E-state index contributed by atoms with van der Waals surface area (Å²) in [7, 11) is 0. The van der Waals surface area contributed by atoms with Crippen molar-refractivity contribution in [1.29, 1.82) is 0 Å².